The van der Waals surface area contributed by atoms with Gasteiger partial charge in [0.25, 0.3) is 0 Å². The number of hydrogen-bond donors (Lipinski definition) is 1. The van der Waals surface area contributed by atoms with Crippen molar-refractivity contribution in [3.63, 3.8) is 0 Å². The minimum absolute atomic E-state index is 0.0174. The number of carbonyl (C=O) groups excluding carboxylic acids is 1. The van der Waals surface area contributed by atoms with Crippen molar-refractivity contribution in [3.05, 3.63) is 72.7 Å². The van der Waals surface area contributed by atoms with Gasteiger partial charge in [-0.15, -0.1) is 0 Å². The number of imidazole rings is 1. The molecule has 2 heterocycles. The molecule has 1 N–H and O–H groups in total. The summed E-state index contributed by atoms with van der Waals surface area (Å²) in [6.45, 7) is 0.732. The third-order valence-electron chi connectivity index (χ3n) is 3.31. The summed E-state index contributed by atoms with van der Waals surface area (Å²) >= 11 is 0. The van der Waals surface area contributed by atoms with Gasteiger partial charge in [-0.25, -0.2) is 4.98 Å². The number of furan rings is 1. The molecule has 5 heteroatoms. The smallest absolute Gasteiger partial charge is 0.224 e. The summed E-state index contributed by atoms with van der Waals surface area (Å²) < 4.78 is 7.21. The lowest BCUT2D eigenvalue weighted by Gasteiger charge is -2.08. The fourth-order valence-corrected chi connectivity index (χ4v) is 2.25. The second-order valence-electron chi connectivity index (χ2n) is 5.06. The highest BCUT2D eigenvalue weighted by atomic mass is 16.3. The number of benzene rings is 1. The van der Waals surface area contributed by atoms with E-state index in [1.807, 2.05) is 47.2 Å². The van der Waals surface area contributed by atoms with Gasteiger partial charge in [-0.3, -0.25) is 4.79 Å². The van der Waals surface area contributed by atoms with Crippen LogP contribution in [0, 0.1) is 0 Å². The van der Waals surface area contributed by atoms with E-state index in [1.165, 1.54) is 0 Å². The van der Waals surface area contributed by atoms with E-state index >= 15 is 0 Å². The third kappa shape index (κ3) is 3.85. The first kappa shape index (κ1) is 14.1. The molecule has 0 aliphatic heterocycles. The molecule has 0 saturated carbocycles. The number of nitrogens with zero attached hydrogens (tertiary/aromatic N) is 2. The fraction of sp³-hybridized carbons (Fsp3) is 0.176. The van der Waals surface area contributed by atoms with Crippen LogP contribution < -0.4 is 5.32 Å². The topological polar surface area (TPSA) is 60.1 Å². The Morgan fingerprint density at radius 1 is 1.27 bits per heavy atom. The van der Waals surface area contributed by atoms with Gasteiger partial charge in [0.2, 0.25) is 5.91 Å². The molecule has 0 fully saturated rings. The molecule has 22 heavy (non-hydrogen) atoms. The summed E-state index contributed by atoms with van der Waals surface area (Å²) in [5, 5.41) is 2.92. The van der Waals surface area contributed by atoms with Crippen LogP contribution >= 0.6 is 0 Å². The second kappa shape index (κ2) is 6.76. The van der Waals surface area contributed by atoms with Crippen LogP contribution in [0.15, 0.2) is 65.8 Å². The van der Waals surface area contributed by atoms with Crippen LogP contribution in [0.2, 0.25) is 0 Å². The lowest BCUT2D eigenvalue weighted by Crippen LogP contribution is -2.12. The average molecular weight is 295 g/mol. The number of aryl methyl sites for hydroxylation is 1. The van der Waals surface area contributed by atoms with Crippen molar-refractivity contribution in [2.45, 2.75) is 19.4 Å². The van der Waals surface area contributed by atoms with E-state index in [4.69, 9.17) is 4.42 Å². The molecule has 2 aromatic heterocycles. The number of amides is 1. The molecule has 112 valence electrons. The Morgan fingerprint density at radius 2 is 2.23 bits per heavy atom. The van der Waals surface area contributed by atoms with Crippen LogP contribution in [0.5, 0.6) is 0 Å². The summed E-state index contributed by atoms with van der Waals surface area (Å²) in [6, 6.07) is 11.5. The molecule has 1 aromatic carbocycles. The van der Waals surface area contributed by atoms with Crippen molar-refractivity contribution in [2.24, 2.45) is 0 Å². The average Bonchev–Trinajstić information content (AvgIpc) is 3.19. The third-order valence-corrected chi connectivity index (χ3v) is 3.31. The maximum atomic E-state index is 12.0. The highest BCUT2D eigenvalue weighted by Gasteiger charge is 2.05. The van der Waals surface area contributed by atoms with Gasteiger partial charge in [0.05, 0.1) is 12.6 Å². The molecule has 0 atom stereocenters. The van der Waals surface area contributed by atoms with Gasteiger partial charge in [0.1, 0.15) is 5.76 Å². The molecular weight excluding hydrogens is 278 g/mol. The van der Waals surface area contributed by atoms with Crippen molar-refractivity contribution in [1.82, 2.24) is 9.55 Å². The summed E-state index contributed by atoms with van der Waals surface area (Å²) in [4.78, 5) is 16.0. The van der Waals surface area contributed by atoms with Crippen LogP contribution in [0.4, 0.5) is 5.69 Å². The van der Waals surface area contributed by atoms with E-state index in [0.717, 1.165) is 23.6 Å². The highest BCUT2D eigenvalue weighted by Crippen LogP contribution is 2.13. The second-order valence-corrected chi connectivity index (χ2v) is 5.06. The SMILES string of the molecule is O=C(CCc1ccco1)Nc1cccc(Cn2ccnc2)c1. The molecule has 3 rings (SSSR count). The molecule has 0 aliphatic rings. The van der Waals surface area contributed by atoms with Crippen LogP contribution in [-0.2, 0) is 17.8 Å². The molecule has 0 aliphatic carbocycles. The number of hydrogen-bond acceptors (Lipinski definition) is 3. The van der Waals surface area contributed by atoms with Gasteiger partial charge in [-0.1, -0.05) is 12.1 Å². The van der Waals surface area contributed by atoms with Crippen LogP contribution in [0.1, 0.15) is 17.7 Å². The summed E-state index contributed by atoms with van der Waals surface area (Å²) in [7, 11) is 0. The molecule has 0 saturated heterocycles. The molecule has 3 aromatic rings. The quantitative estimate of drug-likeness (QED) is 0.760. The van der Waals surface area contributed by atoms with E-state index in [2.05, 4.69) is 10.3 Å². The number of rotatable bonds is 6. The summed E-state index contributed by atoms with van der Waals surface area (Å²) in [6.07, 6.45) is 8.06. The Hall–Kier alpha value is -2.82. The van der Waals surface area contributed by atoms with Gasteiger partial charge in [0.15, 0.2) is 0 Å². The predicted molar refractivity (Wildman–Crippen MR) is 83.4 cm³/mol. The lowest BCUT2D eigenvalue weighted by atomic mass is 10.2. The van der Waals surface area contributed by atoms with E-state index in [-0.39, 0.29) is 5.91 Å². The van der Waals surface area contributed by atoms with Crippen molar-refractivity contribution < 1.29 is 9.21 Å². The first-order chi connectivity index (χ1) is 10.8. The fourth-order valence-electron chi connectivity index (χ4n) is 2.25. The molecule has 0 radical (unpaired) electrons. The van der Waals surface area contributed by atoms with Crippen LogP contribution in [0.25, 0.3) is 0 Å². The number of nitrogens with one attached hydrogen (secondary N) is 1. The van der Waals surface area contributed by atoms with Gasteiger partial charge in [-0.05, 0) is 29.8 Å². The van der Waals surface area contributed by atoms with Crippen molar-refractivity contribution >= 4 is 11.6 Å². The molecule has 0 unspecified atom stereocenters. The normalized spacial score (nSPS) is 10.5. The van der Waals surface area contributed by atoms with Crippen molar-refractivity contribution in [2.75, 3.05) is 5.32 Å². The monoisotopic (exact) mass is 295 g/mol. The molecule has 0 bridgehead atoms. The Morgan fingerprint density at radius 3 is 3.00 bits per heavy atom. The van der Waals surface area contributed by atoms with E-state index < -0.39 is 0 Å². The lowest BCUT2D eigenvalue weighted by molar-refractivity contribution is -0.116. The zero-order chi connectivity index (χ0) is 15.2. The van der Waals surface area contributed by atoms with Gasteiger partial charge in [0, 0.05) is 37.5 Å². The van der Waals surface area contributed by atoms with Crippen molar-refractivity contribution in [1.29, 1.82) is 0 Å². The molecule has 1 amide bonds. The zero-order valence-corrected chi connectivity index (χ0v) is 12.1. The maximum absolute atomic E-state index is 12.0. The van der Waals surface area contributed by atoms with Crippen LogP contribution in [0.3, 0.4) is 0 Å². The van der Waals surface area contributed by atoms with E-state index in [9.17, 15) is 4.79 Å². The largest absolute Gasteiger partial charge is 0.469 e. The molecular formula is C17H17N3O2. The van der Waals surface area contributed by atoms with Crippen molar-refractivity contribution in [3.8, 4) is 0 Å². The number of carbonyl (C=O) groups is 1. The summed E-state index contributed by atoms with van der Waals surface area (Å²) in [5.74, 6) is 0.806. The minimum Gasteiger partial charge on any atom is -0.469 e. The van der Waals surface area contributed by atoms with E-state index in [1.54, 1.807) is 18.8 Å². The zero-order valence-electron chi connectivity index (χ0n) is 12.1. The van der Waals surface area contributed by atoms with Gasteiger partial charge >= 0.3 is 0 Å². The first-order valence-corrected chi connectivity index (χ1v) is 7.16. The first-order valence-electron chi connectivity index (χ1n) is 7.16. The van der Waals surface area contributed by atoms with E-state index in [0.29, 0.717) is 12.8 Å². The van der Waals surface area contributed by atoms with Gasteiger partial charge < -0.3 is 14.3 Å². The molecule has 5 nitrogen and oxygen atoms in total. The number of aromatic nitrogens is 2. The maximum Gasteiger partial charge on any atom is 0.224 e. The minimum atomic E-state index is -0.0174. The molecule has 0 spiro atoms. The van der Waals surface area contributed by atoms with Gasteiger partial charge in [-0.2, -0.15) is 0 Å². The van der Waals surface area contributed by atoms with Crippen LogP contribution in [-0.4, -0.2) is 15.5 Å². The Bertz CT molecular complexity index is 718. The summed E-state index contributed by atoms with van der Waals surface area (Å²) in [5.41, 5.74) is 1.92. The highest BCUT2D eigenvalue weighted by molar-refractivity contribution is 5.90. The Labute approximate surface area is 128 Å². The Balaban J connectivity index is 1.56. The predicted octanol–water partition coefficient (Wildman–Crippen LogP) is 3.10. The number of anilines is 1. The standard InChI is InChI=1S/C17H17N3O2/c21-17(7-6-16-5-2-10-22-16)19-15-4-1-3-14(11-15)12-20-9-8-18-13-20/h1-5,8-11,13H,6-7,12H2,(H,19,21). The Kier molecular flexibility index (Phi) is 4.34.